The Bertz CT molecular complexity index is 394. The van der Waals surface area contributed by atoms with E-state index < -0.39 is 6.09 Å². The molecule has 4 nitrogen and oxygen atoms in total. The number of aryl methyl sites for hydroxylation is 1. The molecule has 0 heterocycles. The number of nitrogens with one attached hydrogen (secondary N) is 1. The maximum absolute atomic E-state index is 10.9. The first-order valence-electron chi connectivity index (χ1n) is 4.03. The van der Waals surface area contributed by atoms with Crippen LogP contribution in [0.2, 0.25) is 0 Å². The first kappa shape index (κ1) is 10.1. The number of anilines is 1. The van der Waals surface area contributed by atoms with Crippen LogP contribution in [0.15, 0.2) is 18.2 Å². The first-order chi connectivity index (χ1) is 6.67. The molecule has 0 aromatic heterocycles. The average Bonchev–Trinajstić information content (AvgIpc) is 2.18. The Morgan fingerprint density at radius 2 is 2.29 bits per heavy atom. The van der Waals surface area contributed by atoms with Crippen LogP contribution in [0.4, 0.5) is 10.5 Å². The topological polar surface area (TPSA) is 62.1 Å². The van der Waals surface area contributed by atoms with Gasteiger partial charge in [0.1, 0.15) is 6.07 Å². The second-order valence-corrected chi connectivity index (χ2v) is 2.78. The lowest BCUT2D eigenvalue weighted by atomic mass is 10.1. The van der Waals surface area contributed by atoms with Gasteiger partial charge in [-0.25, -0.2) is 4.79 Å². The van der Waals surface area contributed by atoms with Crippen LogP contribution in [0.3, 0.4) is 0 Å². The second-order valence-electron chi connectivity index (χ2n) is 2.78. The average molecular weight is 190 g/mol. The monoisotopic (exact) mass is 190 g/mol. The van der Waals surface area contributed by atoms with E-state index in [0.717, 1.165) is 5.56 Å². The van der Waals surface area contributed by atoms with E-state index in [1.54, 1.807) is 18.2 Å². The van der Waals surface area contributed by atoms with Gasteiger partial charge >= 0.3 is 6.09 Å². The Labute approximate surface area is 82.1 Å². The maximum atomic E-state index is 10.9. The van der Waals surface area contributed by atoms with Crippen molar-refractivity contribution in [2.45, 2.75) is 6.92 Å². The molecule has 72 valence electrons. The molecule has 0 spiro atoms. The van der Waals surface area contributed by atoms with Crippen LogP contribution in [-0.2, 0) is 4.74 Å². The molecule has 0 unspecified atom stereocenters. The number of carbonyl (C=O) groups is 1. The summed E-state index contributed by atoms with van der Waals surface area (Å²) in [6, 6.07) is 7.16. The fourth-order valence-corrected chi connectivity index (χ4v) is 1.02. The molecular formula is C10H10N2O2. The summed E-state index contributed by atoms with van der Waals surface area (Å²) in [6.07, 6.45) is -0.577. The van der Waals surface area contributed by atoms with Gasteiger partial charge in [0, 0.05) is 0 Å². The summed E-state index contributed by atoms with van der Waals surface area (Å²) in [5, 5.41) is 11.2. The predicted molar refractivity (Wildman–Crippen MR) is 51.9 cm³/mol. The number of nitriles is 1. The summed E-state index contributed by atoms with van der Waals surface area (Å²) >= 11 is 0. The van der Waals surface area contributed by atoms with Crippen LogP contribution in [0, 0.1) is 18.3 Å². The van der Waals surface area contributed by atoms with Gasteiger partial charge in [-0.2, -0.15) is 5.26 Å². The van der Waals surface area contributed by atoms with E-state index in [2.05, 4.69) is 10.1 Å². The minimum Gasteiger partial charge on any atom is -0.453 e. The van der Waals surface area contributed by atoms with Crippen molar-refractivity contribution in [1.29, 1.82) is 5.26 Å². The fourth-order valence-electron chi connectivity index (χ4n) is 1.02. The van der Waals surface area contributed by atoms with Crippen molar-refractivity contribution in [3.05, 3.63) is 29.3 Å². The number of rotatable bonds is 1. The summed E-state index contributed by atoms with van der Waals surface area (Å²) in [6.45, 7) is 1.88. The third kappa shape index (κ3) is 2.23. The van der Waals surface area contributed by atoms with Crippen molar-refractivity contribution < 1.29 is 9.53 Å². The van der Waals surface area contributed by atoms with Gasteiger partial charge in [-0.3, -0.25) is 5.32 Å². The van der Waals surface area contributed by atoms with Crippen LogP contribution >= 0.6 is 0 Å². The minimum absolute atomic E-state index is 0.418. The molecular weight excluding hydrogens is 180 g/mol. The number of methoxy groups -OCH3 is 1. The zero-order valence-electron chi connectivity index (χ0n) is 8.00. The van der Waals surface area contributed by atoms with E-state index in [1.165, 1.54) is 7.11 Å². The van der Waals surface area contributed by atoms with Crippen molar-refractivity contribution in [2.24, 2.45) is 0 Å². The minimum atomic E-state index is -0.577. The molecule has 0 saturated carbocycles. The maximum Gasteiger partial charge on any atom is 0.411 e. The highest BCUT2D eigenvalue weighted by Gasteiger charge is 2.05. The number of benzene rings is 1. The number of amides is 1. The molecule has 1 N–H and O–H groups in total. The van der Waals surface area contributed by atoms with Crippen LogP contribution in [-0.4, -0.2) is 13.2 Å². The molecule has 14 heavy (non-hydrogen) atoms. The van der Waals surface area contributed by atoms with Gasteiger partial charge in [-0.05, 0) is 24.6 Å². The molecule has 1 aromatic carbocycles. The zero-order chi connectivity index (χ0) is 10.6. The molecule has 0 aliphatic rings. The van der Waals surface area contributed by atoms with E-state index in [0.29, 0.717) is 11.3 Å². The van der Waals surface area contributed by atoms with E-state index in [4.69, 9.17) is 5.26 Å². The molecule has 1 amide bonds. The molecule has 1 rings (SSSR count). The van der Waals surface area contributed by atoms with Crippen molar-refractivity contribution in [2.75, 3.05) is 12.4 Å². The van der Waals surface area contributed by atoms with Gasteiger partial charge in [0.05, 0.1) is 18.4 Å². The number of ether oxygens (including phenoxy) is 1. The summed E-state index contributed by atoms with van der Waals surface area (Å²) in [7, 11) is 1.27. The zero-order valence-corrected chi connectivity index (χ0v) is 8.00. The Kier molecular flexibility index (Phi) is 3.08. The summed E-state index contributed by atoms with van der Waals surface area (Å²) in [5.41, 5.74) is 1.86. The lowest BCUT2D eigenvalue weighted by molar-refractivity contribution is 0.187. The summed E-state index contributed by atoms with van der Waals surface area (Å²) in [5.74, 6) is 0. The Hall–Kier alpha value is -2.02. The molecule has 0 aliphatic carbocycles. The van der Waals surface area contributed by atoms with Crippen molar-refractivity contribution in [1.82, 2.24) is 0 Å². The van der Waals surface area contributed by atoms with E-state index in [9.17, 15) is 4.79 Å². The van der Waals surface area contributed by atoms with Gasteiger partial charge in [-0.1, -0.05) is 6.07 Å². The Morgan fingerprint density at radius 1 is 1.57 bits per heavy atom. The summed E-state index contributed by atoms with van der Waals surface area (Å²) < 4.78 is 4.43. The SMILES string of the molecule is COC(=O)Nc1cc(C)ccc1C#N. The third-order valence-corrected chi connectivity index (χ3v) is 1.72. The predicted octanol–water partition coefficient (Wildman–Crippen LogP) is 2.04. The van der Waals surface area contributed by atoms with Crippen LogP contribution in [0.1, 0.15) is 11.1 Å². The van der Waals surface area contributed by atoms with Crippen LogP contribution in [0.25, 0.3) is 0 Å². The van der Waals surface area contributed by atoms with Gasteiger partial charge in [0.2, 0.25) is 0 Å². The highest BCUT2D eigenvalue weighted by Crippen LogP contribution is 2.16. The van der Waals surface area contributed by atoms with Crippen molar-refractivity contribution in [3.8, 4) is 6.07 Å². The Morgan fingerprint density at radius 3 is 2.86 bits per heavy atom. The normalized spacial score (nSPS) is 8.93. The van der Waals surface area contributed by atoms with E-state index in [-0.39, 0.29) is 0 Å². The highest BCUT2D eigenvalue weighted by atomic mass is 16.5. The van der Waals surface area contributed by atoms with Gasteiger partial charge in [-0.15, -0.1) is 0 Å². The largest absolute Gasteiger partial charge is 0.453 e. The summed E-state index contributed by atoms with van der Waals surface area (Å²) in [4.78, 5) is 10.9. The number of hydrogen-bond acceptors (Lipinski definition) is 3. The van der Waals surface area contributed by atoms with E-state index in [1.807, 2.05) is 13.0 Å². The molecule has 4 heteroatoms. The second kappa shape index (κ2) is 4.28. The van der Waals surface area contributed by atoms with Crippen molar-refractivity contribution >= 4 is 11.8 Å². The highest BCUT2D eigenvalue weighted by molar-refractivity contribution is 5.86. The lowest BCUT2D eigenvalue weighted by Gasteiger charge is -2.05. The van der Waals surface area contributed by atoms with E-state index >= 15 is 0 Å². The third-order valence-electron chi connectivity index (χ3n) is 1.72. The molecule has 0 bridgehead atoms. The van der Waals surface area contributed by atoms with Crippen molar-refractivity contribution in [3.63, 3.8) is 0 Å². The van der Waals surface area contributed by atoms with Crippen LogP contribution < -0.4 is 5.32 Å². The molecule has 1 aromatic rings. The van der Waals surface area contributed by atoms with Gasteiger partial charge in [0.25, 0.3) is 0 Å². The molecule has 0 radical (unpaired) electrons. The number of nitrogens with zero attached hydrogens (tertiary/aromatic N) is 1. The van der Waals surface area contributed by atoms with Crippen LogP contribution in [0.5, 0.6) is 0 Å². The number of hydrogen-bond donors (Lipinski definition) is 1. The first-order valence-corrected chi connectivity index (χ1v) is 4.03. The van der Waals surface area contributed by atoms with Gasteiger partial charge < -0.3 is 4.74 Å². The Balaban J connectivity index is 3.00. The lowest BCUT2D eigenvalue weighted by Crippen LogP contribution is -2.12. The molecule has 0 aliphatic heterocycles. The van der Waals surface area contributed by atoms with Gasteiger partial charge in [0.15, 0.2) is 0 Å². The fraction of sp³-hybridized carbons (Fsp3) is 0.200. The smallest absolute Gasteiger partial charge is 0.411 e. The molecule has 0 saturated heterocycles. The molecule has 0 atom stereocenters. The number of carbonyl (C=O) groups excluding carboxylic acids is 1. The standard InChI is InChI=1S/C10H10N2O2/c1-7-3-4-8(6-11)9(5-7)12-10(13)14-2/h3-5H,1-2H3,(H,12,13). The quantitative estimate of drug-likeness (QED) is 0.737. The molecule has 0 fully saturated rings.